The summed E-state index contributed by atoms with van der Waals surface area (Å²) in [6.07, 6.45) is 4.58. The number of aromatic nitrogens is 2. The molecule has 0 saturated carbocycles. The van der Waals surface area contributed by atoms with E-state index in [-0.39, 0.29) is 5.91 Å². The van der Waals surface area contributed by atoms with Crippen molar-refractivity contribution in [3.8, 4) is 0 Å². The average Bonchev–Trinajstić information content (AvgIpc) is 2.95. The molecule has 2 saturated heterocycles. The average molecular weight is 234 g/mol. The highest BCUT2D eigenvalue weighted by Crippen LogP contribution is 2.27. The van der Waals surface area contributed by atoms with Crippen LogP contribution in [0.1, 0.15) is 16.8 Å². The monoisotopic (exact) mass is 234 g/mol. The maximum absolute atomic E-state index is 12.3. The second-order valence-electron chi connectivity index (χ2n) is 5.12. The minimum absolute atomic E-state index is 0.128. The molecule has 2 fully saturated rings. The van der Waals surface area contributed by atoms with Gasteiger partial charge >= 0.3 is 0 Å². The van der Waals surface area contributed by atoms with Crippen LogP contribution in [0.3, 0.4) is 0 Å². The van der Waals surface area contributed by atoms with Gasteiger partial charge in [-0.1, -0.05) is 0 Å². The Hall–Kier alpha value is -1.36. The molecule has 17 heavy (non-hydrogen) atoms. The summed E-state index contributed by atoms with van der Waals surface area (Å²) >= 11 is 0. The second-order valence-corrected chi connectivity index (χ2v) is 5.12. The number of fused-ring (bicyclic) bond motifs is 1. The predicted molar refractivity (Wildman–Crippen MR) is 63.6 cm³/mol. The highest BCUT2D eigenvalue weighted by Gasteiger charge is 2.34. The Morgan fingerprint density at radius 1 is 1.47 bits per heavy atom. The maximum Gasteiger partial charge on any atom is 0.257 e. The molecule has 2 aliphatic rings. The number of rotatable bonds is 1. The molecule has 3 rings (SSSR count). The van der Waals surface area contributed by atoms with E-state index in [0.717, 1.165) is 38.5 Å². The largest absolute Gasteiger partial charge is 0.338 e. The molecule has 0 radical (unpaired) electrons. The molecule has 92 valence electrons. The summed E-state index contributed by atoms with van der Waals surface area (Å²) in [6.45, 7) is 3.96. The minimum atomic E-state index is 0.128. The van der Waals surface area contributed by atoms with E-state index in [2.05, 4.69) is 10.4 Å². The number of likely N-dealkylation sites (tertiary alicyclic amines) is 1. The fraction of sp³-hybridized carbons (Fsp3) is 0.667. The van der Waals surface area contributed by atoms with E-state index in [9.17, 15) is 4.79 Å². The van der Waals surface area contributed by atoms with E-state index in [1.54, 1.807) is 17.1 Å². The number of piperidine rings is 1. The smallest absolute Gasteiger partial charge is 0.257 e. The molecular weight excluding hydrogens is 216 g/mol. The molecule has 0 aromatic carbocycles. The summed E-state index contributed by atoms with van der Waals surface area (Å²) in [7, 11) is 1.84. The van der Waals surface area contributed by atoms with E-state index < -0.39 is 0 Å². The summed E-state index contributed by atoms with van der Waals surface area (Å²) < 4.78 is 1.68. The van der Waals surface area contributed by atoms with Gasteiger partial charge in [-0.05, 0) is 31.3 Å². The van der Waals surface area contributed by atoms with E-state index in [1.165, 1.54) is 0 Å². The number of nitrogens with one attached hydrogen (secondary N) is 1. The molecule has 2 atom stereocenters. The van der Waals surface area contributed by atoms with Gasteiger partial charge in [0.25, 0.3) is 5.91 Å². The molecule has 1 aromatic rings. The van der Waals surface area contributed by atoms with Crippen molar-refractivity contribution in [3.63, 3.8) is 0 Å². The first kappa shape index (κ1) is 10.8. The normalized spacial score (nSPS) is 28.2. The van der Waals surface area contributed by atoms with Gasteiger partial charge in [-0.25, -0.2) is 0 Å². The highest BCUT2D eigenvalue weighted by atomic mass is 16.2. The number of aryl methyl sites for hydroxylation is 1. The van der Waals surface area contributed by atoms with E-state index >= 15 is 0 Å². The number of carbonyl (C=O) groups excluding carboxylic acids is 1. The molecule has 5 nitrogen and oxygen atoms in total. The Kier molecular flexibility index (Phi) is 2.63. The number of amides is 1. The molecule has 2 aliphatic heterocycles. The minimum Gasteiger partial charge on any atom is -0.338 e. The lowest BCUT2D eigenvalue weighted by Gasteiger charge is -2.34. The number of carbonyl (C=O) groups is 1. The van der Waals surface area contributed by atoms with Crippen molar-refractivity contribution in [1.82, 2.24) is 20.0 Å². The molecule has 1 aromatic heterocycles. The zero-order chi connectivity index (χ0) is 11.8. The van der Waals surface area contributed by atoms with Crippen LogP contribution in [0.15, 0.2) is 12.4 Å². The van der Waals surface area contributed by atoms with Crippen molar-refractivity contribution in [1.29, 1.82) is 0 Å². The fourth-order valence-electron chi connectivity index (χ4n) is 2.93. The van der Waals surface area contributed by atoms with Gasteiger partial charge in [0.05, 0.1) is 11.8 Å². The van der Waals surface area contributed by atoms with Gasteiger partial charge in [0.2, 0.25) is 0 Å². The van der Waals surface area contributed by atoms with Gasteiger partial charge in [-0.3, -0.25) is 9.48 Å². The van der Waals surface area contributed by atoms with Gasteiger partial charge in [0.1, 0.15) is 0 Å². The van der Waals surface area contributed by atoms with Crippen LogP contribution in [0.5, 0.6) is 0 Å². The van der Waals surface area contributed by atoms with Crippen molar-refractivity contribution in [2.75, 3.05) is 26.2 Å². The Bertz CT molecular complexity index is 428. The number of nitrogens with zero attached hydrogens (tertiary/aromatic N) is 3. The zero-order valence-electron chi connectivity index (χ0n) is 10.1. The van der Waals surface area contributed by atoms with Crippen molar-refractivity contribution in [2.45, 2.75) is 6.42 Å². The van der Waals surface area contributed by atoms with E-state index in [1.807, 2.05) is 11.9 Å². The summed E-state index contributed by atoms with van der Waals surface area (Å²) in [5.74, 6) is 1.54. The van der Waals surface area contributed by atoms with Crippen LogP contribution >= 0.6 is 0 Å². The molecule has 0 aliphatic carbocycles. The van der Waals surface area contributed by atoms with Gasteiger partial charge in [-0.15, -0.1) is 0 Å². The molecule has 0 bridgehead atoms. The summed E-state index contributed by atoms with van der Waals surface area (Å²) in [5, 5.41) is 7.47. The molecular formula is C12H18N4O. The van der Waals surface area contributed by atoms with E-state index in [4.69, 9.17) is 0 Å². The Labute approximate surface area is 101 Å². The molecule has 5 heteroatoms. The number of hydrogen-bond acceptors (Lipinski definition) is 3. The van der Waals surface area contributed by atoms with Crippen LogP contribution < -0.4 is 5.32 Å². The second kappa shape index (κ2) is 4.14. The van der Waals surface area contributed by atoms with Crippen LogP contribution in [0, 0.1) is 11.8 Å². The van der Waals surface area contributed by atoms with E-state index in [0.29, 0.717) is 11.5 Å². The fourth-order valence-corrected chi connectivity index (χ4v) is 2.93. The predicted octanol–water partition coefficient (Wildman–Crippen LogP) is 0.102. The summed E-state index contributed by atoms with van der Waals surface area (Å²) in [6, 6.07) is 0. The van der Waals surface area contributed by atoms with Crippen LogP contribution in [0.2, 0.25) is 0 Å². The standard InChI is InChI=1S/C12H18N4O/c1-15-7-11(6-14-15)12(17)16-3-2-9-4-13-5-10(9)8-16/h6-7,9-10,13H,2-5,8H2,1H3. The van der Waals surface area contributed by atoms with Gasteiger partial charge in [0, 0.05) is 26.3 Å². The van der Waals surface area contributed by atoms with Gasteiger partial charge in [-0.2, -0.15) is 5.10 Å². The van der Waals surface area contributed by atoms with Gasteiger partial charge < -0.3 is 10.2 Å². The third kappa shape index (κ3) is 1.95. The van der Waals surface area contributed by atoms with Crippen molar-refractivity contribution in [2.24, 2.45) is 18.9 Å². The zero-order valence-corrected chi connectivity index (χ0v) is 10.1. The third-order valence-corrected chi connectivity index (χ3v) is 3.94. The molecule has 3 heterocycles. The SMILES string of the molecule is Cn1cc(C(=O)N2CCC3CNCC3C2)cn1. The lowest BCUT2D eigenvalue weighted by molar-refractivity contribution is 0.0642. The summed E-state index contributed by atoms with van der Waals surface area (Å²) in [4.78, 5) is 14.2. The maximum atomic E-state index is 12.3. The number of hydrogen-bond donors (Lipinski definition) is 1. The van der Waals surface area contributed by atoms with Crippen LogP contribution in [0.25, 0.3) is 0 Å². The first-order valence-corrected chi connectivity index (χ1v) is 6.22. The molecule has 2 unspecified atom stereocenters. The van der Waals surface area contributed by atoms with Crippen molar-refractivity contribution < 1.29 is 4.79 Å². The van der Waals surface area contributed by atoms with Crippen LogP contribution in [-0.2, 0) is 7.05 Å². The third-order valence-electron chi connectivity index (χ3n) is 3.94. The Balaban J connectivity index is 1.70. The van der Waals surface area contributed by atoms with Crippen molar-refractivity contribution in [3.05, 3.63) is 18.0 Å². The highest BCUT2D eigenvalue weighted by molar-refractivity contribution is 5.93. The summed E-state index contributed by atoms with van der Waals surface area (Å²) in [5.41, 5.74) is 0.705. The molecule has 1 amide bonds. The molecule has 1 N–H and O–H groups in total. The van der Waals surface area contributed by atoms with Gasteiger partial charge in [0.15, 0.2) is 0 Å². The molecule has 0 spiro atoms. The Morgan fingerprint density at radius 3 is 3.06 bits per heavy atom. The lowest BCUT2D eigenvalue weighted by Crippen LogP contribution is -2.43. The first-order chi connectivity index (χ1) is 8.24. The Morgan fingerprint density at radius 2 is 2.29 bits per heavy atom. The van der Waals surface area contributed by atoms with Crippen molar-refractivity contribution >= 4 is 5.91 Å². The van der Waals surface area contributed by atoms with Crippen LogP contribution in [-0.4, -0.2) is 46.8 Å². The quantitative estimate of drug-likeness (QED) is 0.750. The topological polar surface area (TPSA) is 50.2 Å². The lowest BCUT2D eigenvalue weighted by atomic mass is 9.88. The van der Waals surface area contributed by atoms with Crippen LogP contribution in [0.4, 0.5) is 0 Å². The first-order valence-electron chi connectivity index (χ1n) is 6.22.